The Morgan fingerprint density at radius 2 is 1.81 bits per heavy atom. The fourth-order valence-electron chi connectivity index (χ4n) is 4.90. The van der Waals surface area contributed by atoms with E-state index in [9.17, 15) is 27.9 Å². The van der Waals surface area contributed by atoms with Crippen LogP contribution in [0.15, 0.2) is 52.9 Å². The summed E-state index contributed by atoms with van der Waals surface area (Å²) in [5.41, 5.74) is 6.44. The van der Waals surface area contributed by atoms with Gasteiger partial charge in [0.1, 0.15) is 17.0 Å². The largest absolute Gasteiger partial charge is 0.494 e. The number of piperidine rings is 1. The van der Waals surface area contributed by atoms with Crippen molar-refractivity contribution in [3.63, 3.8) is 0 Å². The molecule has 4 aromatic rings. The number of nitrogens with two attached hydrogens (primary N) is 1. The number of hydrogen-bond donors (Lipinski definition) is 3. The topological polar surface area (TPSA) is 144 Å². The minimum absolute atomic E-state index is 0.0141. The number of likely N-dealkylation sites (tertiary alicyclic amines) is 1. The maximum atomic E-state index is 13.3. The van der Waals surface area contributed by atoms with Gasteiger partial charge >= 0.3 is 6.18 Å². The number of rotatable bonds is 7. The van der Waals surface area contributed by atoms with Gasteiger partial charge in [0, 0.05) is 36.1 Å². The number of amides is 2. The number of ether oxygens (including phenoxy) is 1. The van der Waals surface area contributed by atoms with E-state index in [0.29, 0.717) is 37.1 Å². The van der Waals surface area contributed by atoms with E-state index < -0.39 is 23.8 Å². The van der Waals surface area contributed by atoms with Crippen LogP contribution >= 0.6 is 0 Å². The van der Waals surface area contributed by atoms with Gasteiger partial charge in [-0.15, -0.1) is 0 Å². The third-order valence-electron chi connectivity index (χ3n) is 7.25. The molecule has 2 aromatic carbocycles. The molecule has 1 atom stereocenters. The van der Waals surface area contributed by atoms with Gasteiger partial charge < -0.3 is 30.2 Å². The number of oxazole rings is 1. The molecule has 1 saturated heterocycles. The van der Waals surface area contributed by atoms with Gasteiger partial charge in [0.25, 0.3) is 11.8 Å². The van der Waals surface area contributed by atoms with E-state index in [0.717, 1.165) is 11.6 Å². The molecule has 5 rings (SSSR count). The molecule has 4 N–H and O–H groups in total. The highest BCUT2D eigenvalue weighted by molar-refractivity contribution is 5.98. The first-order valence-corrected chi connectivity index (χ1v) is 13.6. The Morgan fingerprint density at radius 1 is 1.12 bits per heavy atom. The monoisotopic (exact) mass is 597 g/mol. The number of pyridine rings is 1. The molecule has 0 bridgehead atoms. The molecule has 43 heavy (non-hydrogen) atoms. The number of halogens is 3. The van der Waals surface area contributed by atoms with Crippen LogP contribution in [0.1, 0.15) is 63.7 Å². The molecule has 10 nitrogen and oxygen atoms in total. The Bertz CT molecular complexity index is 1640. The lowest BCUT2D eigenvalue weighted by Crippen LogP contribution is -2.40. The summed E-state index contributed by atoms with van der Waals surface area (Å²) in [5.74, 6) is -0.465. The standard InChI is InChI=1S/C30H30F3N5O5/c1-16(34)26-25(27(40)35-15-17-3-5-18(6-4-17)29(41)38-13-11-19(39)12-14-38)37-28(43-26)21-7-9-22(42-2)24-20(21)8-10-23(36-24)30(31,32)33/h3-10,16,19,39H,11-15,34H2,1-2H3,(H,35,40)/t16-/m0/s1. The van der Waals surface area contributed by atoms with E-state index in [-0.39, 0.29) is 52.6 Å². The van der Waals surface area contributed by atoms with E-state index in [1.54, 1.807) is 42.2 Å². The van der Waals surface area contributed by atoms with Crippen LogP contribution in [-0.2, 0) is 12.7 Å². The smallest absolute Gasteiger partial charge is 0.433 e. The van der Waals surface area contributed by atoms with Crippen molar-refractivity contribution in [2.75, 3.05) is 20.2 Å². The summed E-state index contributed by atoms with van der Waals surface area (Å²) in [6, 6.07) is 11.2. The zero-order valence-electron chi connectivity index (χ0n) is 23.4. The maximum absolute atomic E-state index is 13.3. The third-order valence-corrected chi connectivity index (χ3v) is 7.25. The summed E-state index contributed by atoms with van der Waals surface area (Å²) in [6.45, 7) is 2.73. The Hall–Kier alpha value is -4.49. The van der Waals surface area contributed by atoms with Crippen LogP contribution in [-0.4, -0.2) is 58.1 Å². The summed E-state index contributed by atoms with van der Waals surface area (Å²) in [6.07, 6.45) is -3.93. The molecule has 0 spiro atoms. The quantitative estimate of drug-likeness (QED) is 0.283. The second-order valence-electron chi connectivity index (χ2n) is 10.3. The van der Waals surface area contributed by atoms with Gasteiger partial charge in [-0.05, 0) is 61.7 Å². The van der Waals surface area contributed by atoms with Gasteiger partial charge in [-0.1, -0.05) is 12.1 Å². The van der Waals surface area contributed by atoms with Gasteiger partial charge in [0.15, 0.2) is 11.5 Å². The Morgan fingerprint density at radius 3 is 2.44 bits per heavy atom. The third kappa shape index (κ3) is 6.32. The first-order valence-electron chi connectivity index (χ1n) is 13.6. The summed E-state index contributed by atoms with van der Waals surface area (Å²) in [5, 5.41) is 12.7. The number of nitrogens with one attached hydrogen (secondary N) is 1. The second-order valence-corrected chi connectivity index (χ2v) is 10.3. The van der Waals surface area contributed by atoms with E-state index in [1.165, 1.54) is 19.2 Å². The Labute approximate surface area is 244 Å². The Kier molecular flexibility index (Phi) is 8.38. The number of carbonyl (C=O) groups excluding carboxylic acids is 2. The van der Waals surface area contributed by atoms with Crippen molar-refractivity contribution in [1.29, 1.82) is 0 Å². The minimum atomic E-state index is -4.65. The number of aliphatic hydroxyl groups excluding tert-OH is 1. The number of alkyl halides is 3. The molecule has 2 aromatic heterocycles. The maximum Gasteiger partial charge on any atom is 0.433 e. The zero-order valence-corrected chi connectivity index (χ0v) is 23.4. The Balaban J connectivity index is 1.36. The highest BCUT2D eigenvalue weighted by Gasteiger charge is 2.33. The van der Waals surface area contributed by atoms with Crippen molar-refractivity contribution in [1.82, 2.24) is 20.2 Å². The number of benzene rings is 2. The molecule has 0 radical (unpaired) electrons. The second kappa shape index (κ2) is 12.0. The molecule has 1 aliphatic heterocycles. The molecule has 0 unspecified atom stereocenters. The molecule has 13 heteroatoms. The first kappa shape index (κ1) is 30.0. The van der Waals surface area contributed by atoms with E-state index >= 15 is 0 Å². The van der Waals surface area contributed by atoms with Crippen molar-refractivity contribution in [3.8, 4) is 17.2 Å². The van der Waals surface area contributed by atoms with Crippen molar-refractivity contribution < 1.29 is 37.0 Å². The van der Waals surface area contributed by atoms with E-state index in [1.807, 2.05) is 0 Å². The van der Waals surface area contributed by atoms with Crippen LogP contribution in [0.25, 0.3) is 22.4 Å². The highest BCUT2D eigenvalue weighted by atomic mass is 19.4. The van der Waals surface area contributed by atoms with Gasteiger partial charge in [0.2, 0.25) is 5.89 Å². The van der Waals surface area contributed by atoms with Crippen molar-refractivity contribution >= 4 is 22.7 Å². The van der Waals surface area contributed by atoms with Gasteiger partial charge in [-0.25, -0.2) is 9.97 Å². The van der Waals surface area contributed by atoms with Crippen LogP contribution in [0, 0.1) is 0 Å². The van der Waals surface area contributed by atoms with Crippen LogP contribution in [0.2, 0.25) is 0 Å². The molecular formula is C30H30F3N5O5. The van der Waals surface area contributed by atoms with E-state index in [2.05, 4.69) is 15.3 Å². The fourth-order valence-corrected chi connectivity index (χ4v) is 4.90. The lowest BCUT2D eigenvalue weighted by Gasteiger charge is -2.29. The molecule has 0 aliphatic carbocycles. The minimum Gasteiger partial charge on any atom is -0.494 e. The summed E-state index contributed by atoms with van der Waals surface area (Å²) < 4.78 is 51.1. The molecule has 1 aliphatic rings. The van der Waals surface area contributed by atoms with E-state index in [4.69, 9.17) is 14.9 Å². The lowest BCUT2D eigenvalue weighted by atomic mass is 10.1. The normalized spacial score (nSPS) is 15.0. The lowest BCUT2D eigenvalue weighted by molar-refractivity contribution is -0.140. The predicted molar refractivity (Wildman–Crippen MR) is 150 cm³/mol. The molecule has 226 valence electrons. The van der Waals surface area contributed by atoms with Gasteiger partial charge in [-0.2, -0.15) is 13.2 Å². The number of aliphatic hydroxyl groups is 1. The summed E-state index contributed by atoms with van der Waals surface area (Å²) >= 11 is 0. The average molecular weight is 598 g/mol. The van der Waals surface area contributed by atoms with Crippen LogP contribution in [0.4, 0.5) is 13.2 Å². The highest BCUT2D eigenvalue weighted by Crippen LogP contribution is 2.37. The van der Waals surface area contributed by atoms with Crippen molar-refractivity contribution in [2.45, 2.75) is 44.6 Å². The summed E-state index contributed by atoms with van der Waals surface area (Å²) in [7, 11) is 1.32. The van der Waals surface area contributed by atoms with Crippen LogP contribution in [0.5, 0.6) is 5.75 Å². The molecule has 1 fully saturated rings. The number of aromatic nitrogens is 2. The van der Waals surface area contributed by atoms with Crippen LogP contribution < -0.4 is 15.8 Å². The molecular weight excluding hydrogens is 567 g/mol. The number of carbonyl (C=O) groups is 2. The van der Waals surface area contributed by atoms with Crippen molar-refractivity contribution in [2.24, 2.45) is 5.73 Å². The van der Waals surface area contributed by atoms with Crippen LogP contribution in [0.3, 0.4) is 0 Å². The van der Waals surface area contributed by atoms with Gasteiger partial charge in [0.05, 0.1) is 19.3 Å². The number of nitrogens with zero attached hydrogens (tertiary/aromatic N) is 3. The number of fused-ring (bicyclic) bond motifs is 1. The first-order chi connectivity index (χ1) is 20.5. The van der Waals surface area contributed by atoms with Gasteiger partial charge in [-0.3, -0.25) is 9.59 Å². The number of hydrogen-bond acceptors (Lipinski definition) is 8. The SMILES string of the molecule is COc1ccc(-c2nc(C(=O)NCc3ccc(C(=O)N4CCC(O)CC4)cc3)c([C@H](C)N)o2)c2ccc(C(F)(F)F)nc12. The zero-order chi connectivity index (χ0) is 30.9. The predicted octanol–water partition coefficient (Wildman–Crippen LogP) is 4.46. The average Bonchev–Trinajstić information content (AvgIpc) is 3.45. The number of methoxy groups -OCH3 is 1. The van der Waals surface area contributed by atoms with Crippen molar-refractivity contribution in [3.05, 3.63) is 76.8 Å². The molecule has 0 saturated carbocycles. The molecule has 2 amide bonds. The molecule has 3 heterocycles. The fraction of sp³-hybridized carbons (Fsp3) is 0.333. The summed E-state index contributed by atoms with van der Waals surface area (Å²) in [4.78, 5) is 35.8.